The zero-order chi connectivity index (χ0) is 24.2. The summed E-state index contributed by atoms with van der Waals surface area (Å²) in [4.78, 5) is 20.8. The lowest BCUT2D eigenvalue weighted by atomic mass is 10.2. The van der Waals surface area contributed by atoms with Crippen LogP contribution in [0.15, 0.2) is 67.3 Å². The molecule has 4 aromatic rings. The summed E-state index contributed by atoms with van der Waals surface area (Å²) in [5, 5.41) is 10.3. The lowest BCUT2D eigenvalue weighted by molar-refractivity contribution is -0.111. The normalized spacial score (nSPS) is 12.0. The van der Waals surface area contributed by atoms with Gasteiger partial charge < -0.3 is 25.4 Å². The van der Waals surface area contributed by atoms with Gasteiger partial charge in [0.15, 0.2) is 0 Å². The average Bonchev–Trinajstić information content (AvgIpc) is 3.49. The van der Waals surface area contributed by atoms with Crippen LogP contribution in [0.5, 0.6) is 11.6 Å². The summed E-state index contributed by atoms with van der Waals surface area (Å²) in [5.74, 6) is 1.04. The Balaban J connectivity index is 1.33. The van der Waals surface area contributed by atoms with Gasteiger partial charge in [0.1, 0.15) is 10.8 Å². The number of fused-ring (bicyclic) bond motifs is 1. The average molecular weight is 487 g/mol. The highest BCUT2D eigenvalue weighted by Crippen LogP contribution is 2.33. The number of nitrogens with zero attached hydrogens (tertiary/aromatic N) is 3. The minimum Gasteiger partial charge on any atom is -0.438 e. The second kappa shape index (κ2) is 9.92. The summed E-state index contributed by atoms with van der Waals surface area (Å²) in [6, 6.07) is 16.9. The van der Waals surface area contributed by atoms with Crippen LogP contribution in [-0.2, 0) is 22.7 Å². The molecule has 10 heteroatoms. The van der Waals surface area contributed by atoms with Crippen LogP contribution in [0, 0.1) is 6.92 Å². The molecule has 0 atom stereocenters. The first kappa shape index (κ1) is 22.5. The summed E-state index contributed by atoms with van der Waals surface area (Å²) in [6.45, 7) is 6.19. The number of carbonyl (C=O) groups excluding carboxylic acids is 1. The van der Waals surface area contributed by atoms with Crippen molar-refractivity contribution in [3.05, 3.63) is 84.2 Å². The topological polar surface area (TPSA) is 110 Å². The monoisotopic (exact) mass is 486 g/mol. The highest BCUT2D eigenvalue weighted by atomic mass is 32.1. The van der Waals surface area contributed by atoms with Crippen LogP contribution in [0.2, 0.25) is 0 Å². The van der Waals surface area contributed by atoms with Gasteiger partial charge in [-0.2, -0.15) is 9.36 Å². The molecule has 1 aliphatic heterocycles. The fourth-order valence-corrected chi connectivity index (χ4v) is 4.12. The van der Waals surface area contributed by atoms with Crippen molar-refractivity contribution in [2.45, 2.75) is 20.1 Å². The lowest BCUT2D eigenvalue weighted by Crippen LogP contribution is -2.07. The molecule has 2 aromatic carbocycles. The molecule has 0 fully saturated rings. The van der Waals surface area contributed by atoms with Gasteiger partial charge in [-0.3, -0.25) is 4.79 Å². The molecule has 0 aliphatic carbocycles. The summed E-state index contributed by atoms with van der Waals surface area (Å²) in [5.41, 5.74) is 4.93. The molecular weight excluding hydrogens is 464 g/mol. The Hall–Kier alpha value is -4.28. The van der Waals surface area contributed by atoms with E-state index in [0.717, 1.165) is 33.3 Å². The second-order valence-corrected chi connectivity index (χ2v) is 8.56. The van der Waals surface area contributed by atoms with Crippen LogP contribution in [0.3, 0.4) is 0 Å². The predicted molar refractivity (Wildman–Crippen MR) is 136 cm³/mol. The molecule has 2 aromatic heterocycles. The SMILES string of the molecule is C=CC(=O)Nc1cccc(Oc2nc(Nc3ccc(Nc4cc(C)ns4)cc3)nc3c2COC3)c1. The van der Waals surface area contributed by atoms with E-state index >= 15 is 0 Å². The number of rotatable bonds is 8. The third-order valence-electron chi connectivity index (χ3n) is 5.08. The molecule has 0 radical (unpaired) electrons. The van der Waals surface area contributed by atoms with E-state index in [1.807, 2.05) is 37.3 Å². The van der Waals surface area contributed by atoms with Gasteiger partial charge in [0.2, 0.25) is 17.7 Å². The summed E-state index contributed by atoms with van der Waals surface area (Å²) in [7, 11) is 0. The van der Waals surface area contributed by atoms with E-state index in [4.69, 9.17) is 9.47 Å². The van der Waals surface area contributed by atoms with Crippen molar-refractivity contribution >= 4 is 45.5 Å². The Morgan fingerprint density at radius 1 is 1.06 bits per heavy atom. The Morgan fingerprint density at radius 3 is 2.60 bits per heavy atom. The number of nitrogens with one attached hydrogen (secondary N) is 3. The predicted octanol–water partition coefficient (Wildman–Crippen LogP) is 5.68. The van der Waals surface area contributed by atoms with Gasteiger partial charge in [-0.25, -0.2) is 4.98 Å². The van der Waals surface area contributed by atoms with E-state index in [1.165, 1.54) is 17.6 Å². The molecule has 3 heterocycles. The van der Waals surface area contributed by atoms with Crippen LogP contribution >= 0.6 is 11.5 Å². The molecule has 9 nitrogen and oxygen atoms in total. The zero-order valence-corrected chi connectivity index (χ0v) is 19.7. The van der Waals surface area contributed by atoms with E-state index in [9.17, 15) is 4.79 Å². The van der Waals surface area contributed by atoms with Gasteiger partial charge in [0.05, 0.1) is 30.2 Å². The molecule has 0 unspecified atom stereocenters. The molecule has 0 spiro atoms. The first-order valence-corrected chi connectivity index (χ1v) is 11.6. The van der Waals surface area contributed by atoms with E-state index in [2.05, 4.69) is 36.9 Å². The van der Waals surface area contributed by atoms with Gasteiger partial charge in [0.25, 0.3) is 0 Å². The molecule has 0 saturated carbocycles. The number of hydrogen-bond acceptors (Lipinski definition) is 9. The number of benzene rings is 2. The van der Waals surface area contributed by atoms with Crippen molar-refractivity contribution in [3.8, 4) is 11.6 Å². The summed E-state index contributed by atoms with van der Waals surface area (Å²) < 4.78 is 15.9. The first-order valence-electron chi connectivity index (χ1n) is 10.8. The molecule has 0 bridgehead atoms. The highest BCUT2D eigenvalue weighted by molar-refractivity contribution is 7.10. The molecule has 5 rings (SSSR count). The molecule has 176 valence electrons. The number of anilines is 5. The minimum atomic E-state index is -0.298. The van der Waals surface area contributed by atoms with E-state index in [1.54, 1.807) is 24.3 Å². The number of amides is 1. The second-order valence-electron chi connectivity index (χ2n) is 7.75. The molecule has 0 saturated heterocycles. The van der Waals surface area contributed by atoms with E-state index in [0.29, 0.717) is 36.5 Å². The van der Waals surface area contributed by atoms with Gasteiger partial charge in [-0.05, 0) is 67.0 Å². The number of carbonyl (C=O) groups is 1. The Labute approximate surface area is 206 Å². The molecule has 35 heavy (non-hydrogen) atoms. The van der Waals surface area contributed by atoms with Crippen molar-refractivity contribution in [3.63, 3.8) is 0 Å². The number of ether oxygens (including phenoxy) is 2. The Bertz CT molecular complexity index is 1390. The Morgan fingerprint density at radius 2 is 1.86 bits per heavy atom. The lowest BCUT2D eigenvalue weighted by Gasteiger charge is -2.12. The highest BCUT2D eigenvalue weighted by Gasteiger charge is 2.22. The van der Waals surface area contributed by atoms with Crippen molar-refractivity contribution < 1.29 is 14.3 Å². The van der Waals surface area contributed by atoms with E-state index < -0.39 is 0 Å². The van der Waals surface area contributed by atoms with Gasteiger partial charge in [-0.15, -0.1) is 0 Å². The third-order valence-corrected chi connectivity index (χ3v) is 5.87. The fourth-order valence-electron chi connectivity index (χ4n) is 3.43. The van der Waals surface area contributed by atoms with Gasteiger partial charge in [0, 0.05) is 23.1 Å². The number of aryl methyl sites for hydroxylation is 1. The maximum atomic E-state index is 11.6. The standard InChI is InChI=1S/C25H22N6O3S/c1-3-22(32)26-18-5-4-6-19(12-18)34-24-20-13-33-14-21(20)29-25(30-24)28-17-9-7-16(8-10-17)27-23-11-15(2)31-35-23/h3-12,27H,1,13-14H2,2H3,(H,26,32)(H,28,29,30). The first-order chi connectivity index (χ1) is 17.1. The van der Waals surface area contributed by atoms with Crippen LogP contribution in [0.1, 0.15) is 17.0 Å². The minimum absolute atomic E-state index is 0.298. The molecule has 1 amide bonds. The smallest absolute Gasteiger partial charge is 0.247 e. The van der Waals surface area contributed by atoms with Crippen LogP contribution in [0.4, 0.5) is 28.0 Å². The molecule has 1 aliphatic rings. The molecular formula is C25H22N6O3S. The van der Waals surface area contributed by atoms with Gasteiger partial charge >= 0.3 is 0 Å². The van der Waals surface area contributed by atoms with Crippen LogP contribution in [0.25, 0.3) is 0 Å². The van der Waals surface area contributed by atoms with Crippen LogP contribution in [-0.4, -0.2) is 20.2 Å². The molecule has 3 N–H and O–H groups in total. The van der Waals surface area contributed by atoms with Crippen molar-refractivity contribution in [2.75, 3.05) is 16.0 Å². The van der Waals surface area contributed by atoms with Crippen LogP contribution < -0.4 is 20.7 Å². The zero-order valence-electron chi connectivity index (χ0n) is 18.9. The summed E-state index contributed by atoms with van der Waals surface area (Å²) >= 11 is 1.42. The van der Waals surface area contributed by atoms with Gasteiger partial charge in [-0.1, -0.05) is 12.6 Å². The van der Waals surface area contributed by atoms with E-state index in [-0.39, 0.29) is 5.91 Å². The fraction of sp³-hybridized carbons (Fsp3) is 0.120. The number of hydrogen-bond donors (Lipinski definition) is 3. The largest absolute Gasteiger partial charge is 0.438 e. The summed E-state index contributed by atoms with van der Waals surface area (Å²) in [6.07, 6.45) is 1.21. The maximum Gasteiger partial charge on any atom is 0.247 e. The van der Waals surface area contributed by atoms with Crippen molar-refractivity contribution in [2.24, 2.45) is 0 Å². The van der Waals surface area contributed by atoms with Crippen molar-refractivity contribution in [1.82, 2.24) is 14.3 Å². The Kier molecular flexibility index (Phi) is 6.38. The quantitative estimate of drug-likeness (QED) is 0.273. The number of aromatic nitrogens is 3. The maximum absolute atomic E-state index is 11.6. The third kappa shape index (κ3) is 5.45. The van der Waals surface area contributed by atoms with Crippen molar-refractivity contribution in [1.29, 1.82) is 0 Å².